The summed E-state index contributed by atoms with van der Waals surface area (Å²) in [5.41, 5.74) is 3.76. The van der Waals surface area contributed by atoms with Crippen LogP contribution in [0.4, 0.5) is 11.4 Å². The van der Waals surface area contributed by atoms with Crippen LogP contribution in [0, 0.1) is 27.5 Å². The Morgan fingerprint density at radius 1 is 1.28 bits per heavy atom. The van der Waals surface area contributed by atoms with Crippen molar-refractivity contribution in [3.8, 4) is 0 Å². The lowest BCUT2D eigenvalue weighted by atomic mass is 10.1. The number of nitro benzene ring substituents is 1. The molecule has 7 heteroatoms. The van der Waals surface area contributed by atoms with Gasteiger partial charge in [-0.3, -0.25) is 14.9 Å². The molecule has 0 saturated carbocycles. The van der Waals surface area contributed by atoms with Crippen molar-refractivity contribution in [2.75, 3.05) is 5.32 Å². The number of rotatable bonds is 4. The number of nitrogens with one attached hydrogen (secondary N) is 1. The third kappa shape index (κ3) is 3.60. The number of amides is 1. The van der Waals surface area contributed by atoms with Crippen LogP contribution in [0.25, 0.3) is 0 Å². The molecule has 1 atom stereocenters. The van der Waals surface area contributed by atoms with Gasteiger partial charge in [0.15, 0.2) is 0 Å². The molecule has 1 aromatic carbocycles. The van der Waals surface area contributed by atoms with E-state index in [4.69, 9.17) is 0 Å². The molecule has 0 bridgehead atoms. The van der Waals surface area contributed by atoms with Crippen LogP contribution in [0.5, 0.6) is 0 Å². The van der Waals surface area contributed by atoms with E-state index >= 15 is 0 Å². The Morgan fingerprint density at radius 2 is 1.96 bits per heavy atom. The van der Waals surface area contributed by atoms with E-state index in [0.29, 0.717) is 15.7 Å². The first-order chi connectivity index (χ1) is 11.9. The molecular formula is C18H18IN3O3. The lowest BCUT2D eigenvalue weighted by Crippen LogP contribution is -2.16. The fourth-order valence-electron chi connectivity index (χ4n) is 3.26. The van der Waals surface area contributed by atoms with Gasteiger partial charge in [-0.1, -0.05) is 6.08 Å². The number of hydrogen-bond donors (Lipinski definition) is 1. The Morgan fingerprint density at radius 3 is 2.56 bits per heavy atom. The molecular weight excluding hydrogens is 433 g/mol. The number of aromatic nitrogens is 1. The molecule has 0 fully saturated rings. The fourth-order valence-corrected chi connectivity index (χ4v) is 3.89. The summed E-state index contributed by atoms with van der Waals surface area (Å²) in [6.07, 6.45) is 3.50. The van der Waals surface area contributed by atoms with Gasteiger partial charge in [-0.05, 0) is 67.5 Å². The van der Waals surface area contributed by atoms with Crippen molar-refractivity contribution in [1.82, 2.24) is 4.57 Å². The van der Waals surface area contributed by atoms with Gasteiger partial charge in [0.25, 0.3) is 11.6 Å². The van der Waals surface area contributed by atoms with Gasteiger partial charge >= 0.3 is 0 Å². The molecule has 1 aromatic heterocycles. The molecule has 1 amide bonds. The number of nitro groups is 1. The minimum absolute atomic E-state index is 0.0149. The Labute approximate surface area is 159 Å². The number of non-ortho nitro benzene ring substituents is 1. The molecule has 25 heavy (non-hydrogen) atoms. The first-order valence-corrected chi connectivity index (χ1v) is 9.03. The van der Waals surface area contributed by atoms with E-state index in [-0.39, 0.29) is 17.6 Å². The van der Waals surface area contributed by atoms with Crippen LogP contribution in [0.15, 0.2) is 42.0 Å². The van der Waals surface area contributed by atoms with E-state index in [1.165, 1.54) is 23.5 Å². The molecule has 0 radical (unpaired) electrons. The lowest BCUT2D eigenvalue weighted by molar-refractivity contribution is -0.384. The van der Waals surface area contributed by atoms with Crippen LogP contribution in [-0.2, 0) is 4.79 Å². The zero-order chi connectivity index (χ0) is 18.1. The highest BCUT2D eigenvalue weighted by Crippen LogP contribution is 2.33. The van der Waals surface area contributed by atoms with Gasteiger partial charge in [0.1, 0.15) is 0 Å². The van der Waals surface area contributed by atoms with Crippen LogP contribution in [0.2, 0.25) is 0 Å². The van der Waals surface area contributed by atoms with Crippen molar-refractivity contribution in [3.05, 3.63) is 67.1 Å². The summed E-state index contributed by atoms with van der Waals surface area (Å²) in [5, 5.41) is 13.7. The lowest BCUT2D eigenvalue weighted by Gasteiger charge is -2.18. The van der Waals surface area contributed by atoms with Crippen molar-refractivity contribution < 1.29 is 9.72 Å². The molecule has 1 N–H and O–H groups in total. The third-order valence-corrected chi connectivity index (χ3v) is 5.38. The molecule has 0 unspecified atom stereocenters. The summed E-state index contributed by atoms with van der Waals surface area (Å²) < 4.78 is 2.92. The molecule has 0 aliphatic heterocycles. The van der Waals surface area contributed by atoms with Gasteiger partial charge in [0, 0.05) is 38.7 Å². The molecule has 0 spiro atoms. The summed E-state index contributed by atoms with van der Waals surface area (Å²) in [7, 11) is 0. The quantitative estimate of drug-likeness (QED) is 0.422. The van der Waals surface area contributed by atoms with E-state index in [2.05, 4.69) is 35.9 Å². The maximum Gasteiger partial charge on any atom is 0.270 e. The Bertz CT molecular complexity index is 866. The molecule has 130 valence electrons. The van der Waals surface area contributed by atoms with Gasteiger partial charge in [0.05, 0.1) is 10.6 Å². The highest BCUT2D eigenvalue weighted by atomic mass is 127. The number of anilines is 1. The summed E-state index contributed by atoms with van der Waals surface area (Å²) in [4.78, 5) is 22.9. The summed E-state index contributed by atoms with van der Waals surface area (Å²) in [6.45, 7) is 4.15. The predicted molar refractivity (Wildman–Crippen MR) is 105 cm³/mol. The van der Waals surface area contributed by atoms with Gasteiger partial charge < -0.3 is 9.88 Å². The SMILES string of the molecule is Cc1ccc(C)n1[C@@H]1CC=C(C(=O)Nc2ccc([N+](=O)[O-])cc2I)C1. The number of benzene rings is 1. The molecule has 2 aromatic rings. The van der Waals surface area contributed by atoms with Gasteiger partial charge in [-0.15, -0.1) is 0 Å². The molecule has 1 aliphatic carbocycles. The van der Waals surface area contributed by atoms with Crippen molar-refractivity contribution >= 4 is 39.9 Å². The number of nitrogens with zero attached hydrogens (tertiary/aromatic N) is 2. The van der Waals surface area contributed by atoms with Crippen LogP contribution >= 0.6 is 22.6 Å². The van der Waals surface area contributed by atoms with Crippen molar-refractivity contribution in [2.24, 2.45) is 0 Å². The standard InChI is InChI=1S/C18H18IN3O3/c1-11-3-4-12(2)21(11)14-6-5-13(9-14)18(23)20-17-8-7-15(22(24)25)10-16(17)19/h3-5,7-8,10,14H,6,9H2,1-2H3,(H,20,23)/t14-/m1/s1. The number of carbonyl (C=O) groups is 1. The maximum absolute atomic E-state index is 12.5. The zero-order valence-corrected chi connectivity index (χ0v) is 16.1. The average molecular weight is 451 g/mol. The van der Waals surface area contributed by atoms with Crippen molar-refractivity contribution in [1.29, 1.82) is 0 Å². The monoisotopic (exact) mass is 451 g/mol. The van der Waals surface area contributed by atoms with E-state index in [9.17, 15) is 14.9 Å². The third-order valence-electron chi connectivity index (χ3n) is 4.49. The normalized spacial score (nSPS) is 16.6. The van der Waals surface area contributed by atoms with E-state index < -0.39 is 4.92 Å². The highest BCUT2D eigenvalue weighted by Gasteiger charge is 2.25. The van der Waals surface area contributed by atoms with Crippen LogP contribution in [0.1, 0.15) is 30.3 Å². The van der Waals surface area contributed by atoms with E-state index in [1.54, 1.807) is 6.07 Å². The van der Waals surface area contributed by atoms with Crippen LogP contribution in [-0.4, -0.2) is 15.4 Å². The van der Waals surface area contributed by atoms with Crippen molar-refractivity contribution in [2.45, 2.75) is 32.7 Å². The minimum Gasteiger partial charge on any atom is -0.346 e. The largest absolute Gasteiger partial charge is 0.346 e. The number of hydrogen-bond acceptors (Lipinski definition) is 3. The fraction of sp³-hybridized carbons (Fsp3) is 0.278. The minimum atomic E-state index is -0.445. The van der Waals surface area contributed by atoms with Gasteiger partial charge in [-0.2, -0.15) is 0 Å². The highest BCUT2D eigenvalue weighted by molar-refractivity contribution is 14.1. The topological polar surface area (TPSA) is 77.2 Å². The summed E-state index contributed by atoms with van der Waals surface area (Å²) in [5.74, 6) is -0.142. The van der Waals surface area contributed by atoms with Gasteiger partial charge in [0.2, 0.25) is 0 Å². The predicted octanol–water partition coefficient (Wildman–Crippen LogP) is 4.52. The molecule has 3 rings (SSSR count). The number of allylic oxidation sites excluding steroid dienone is 1. The Hall–Kier alpha value is -2.16. The molecule has 1 heterocycles. The Kier molecular flexibility index (Phi) is 4.94. The zero-order valence-electron chi connectivity index (χ0n) is 14.0. The number of carbonyl (C=O) groups excluding carboxylic acids is 1. The maximum atomic E-state index is 12.5. The summed E-state index contributed by atoms with van der Waals surface area (Å²) >= 11 is 1.99. The average Bonchev–Trinajstić information content (AvgIpc) is 3.16. The molecule has 1 aliphatic rings. The Balaban J connectivity index is 1.70. The molecule has 6 nitrogen and oxygen atoms in total. The van der Waals surface area contributed by atoms with E-state index in [1.807, 2.05) is 28.7 Å². The number of aryl methyl sites for hydroxylation is 2. The first-order valence-electron chi connectivity index (χ1n) is 7.95. The second-order valence-corrected chi connectivity index (χ2v) is 7.35. The second kappa shape index (κ2) is 6.99. The molecule has 0 saturated heterocycles. The van der Waals surface area contributed by atoms with Gasteiger partial charge in [-0.25, -0.2) is 0 Å². The van der Waals surface area contributed by atoms with Crippen LogP contribution < -0.4 is 5.32 Å². The summed E-state index contributed by atoms with van der Waals surface area (Å²) in [6, 6.07) is 8.88. The first kappa shape index (κ1) is 17.7. The van der Waals surface area contributed by atoms with Crippen molar-refractivity contribution in [3.63, 3.8) is 0 Å². The number of halogens is 1. The second-order valence-electron chi connectivity index (χ2n) is 6.18. The van der Waals surface area contributed by atoms with E-state index in [0.717, 1.165) is 12.0 Å². The smallest absolute Gasteiger partial charge is 0.270 e. The van der Waals surface area contributed by atoms with Crippen LogP contribution in [0.3, 0.4) is 0 Å².